The predicted octanol–water partition coefficient (Wildman–Crippen LogP) is 2.85. The Morgan fingerprint density at radius 2 is 1.83 bits per heavy atom. The number of rotatable bonds is 5. The maximum atomic E-state index is 12.3. The lowest BCUT2D eigenvalue weighted by Crippen LogP contribution is -2.43. The Bertz CT molecular complexity index is 662. The van der Waals surface area contributed by atoms with Crippen LogP contribution in [0.15, 0.2) is 47.8 Å². The Kier molecular flexibility index (Phi) is 5.64. The molecular formula is C19H22N2O2S. The van der Waals surface area contributed by atoms with Gasteiger partial charge in [-0.25, -0.2) is 0 Å². The first kappa shape index (κ1) is 16.7. The first-order valence-electron chi connectivity index (χ1n) is 8.34. The van der Waals surface area contributed by atoms with Gasteiger partial charge in [-0.2, -0.15) is 0 Å². The van der Waals surface area contributed by atoms with Gasteiger partial charge < -0.3 is 10.2 Å². The maximum Gasteiger partial charge on any atom is 0.227 e. The molecule has 1 aliphatic rings. The number of hydrogen-bond acceptors (Lipinski definition) is 3. The Morgan fingerprint density at radius 3 is 2.50 bits per heavy atom. The van der Waals surface area contributed by atoms with Crippen molar-refractivity contribution in [3.8, 4) is 0 Å². The Balaban J connectivity index is 1.42. The number of amides is 2. The Labute approximate surface area is 146 Å². The smallest absolute Gasteiger partial charge is 0.227 e. The number of benzene rings is 1. The van der Waals surface area contributed by atoms with Gasteiger partial charge in [0.25, 0.3) is 0 Å². The molecule has 0 bridgehead atoms. The fourth-order valence-electron chi connectivity index (χ4n) is 2.99. The van der Waals surface area contributed by atoms with E-state index in [2.05, 4.69) is 5.32 Å². The second-order valence-electron chi connectivity index (χ2n) is 6.11. The lowest BCUT2D eigenvalue weighted by molar-refractivity contribution is -0.135. The molecule has 0 radical (unpaired) electrons. The van der Waals surface area contributed by atoms with E-state index in [4.69, 9.17) is 0 Å². The second-order valence-corrected chi connectivity index (χ2v) is 7.15. The predicted molar refractivity (Wildman–Crippen MR) is 95.6 cm³/mol. The normalized spacial score (nSPS) is 15.2. The molecule has 0 unspecified atom stereocenters. The third-order valence-corrected chi connectivity index (χ3v) is 5.31. The molecule has 3 rings (SSSR count). The number of carbonyl (C=O) groups excluding carboxylic acids is 2. The van der Waals surface area contributed by atoms with Crippen LogP contribution in [-0.2, 0) is 22.6 Å². The van der Waals surface area contributed by atoms with Crippen LogP contribution in [0.1, 0.15) is 23.3 Å². The van der Waals surface area contributed by atoms with Crippen LogP contribution in [0.5, 0.6) is 0 Å². The molecule has 126 valence electrons. The van der Waals surface area contributed by atoms with Crippen molar-refractivity contribution in [3.05, 3.63) is 58.3 Å². The molecule has 1 aromatic heterocycles. The highest BCUT2D eigenvalue weighted by Gasteiger charge is 2.27. The number of nitrogens with one attached hydrogen (secondary N) is 1. The molecule has 1 N–H and O–H groups in total. The molecule has 0 aliphatic carbocycles. The zero-order valence-corrected chi connectivity index (χ0v) is 14.4. The van der Waals surface area contributed by atoms with E-state index in [9.17, 15) is 9.59 Å². The largest absolute Gasteiger partial charge is 0.352 e. The summed E-state index contributed by atoms with van der Waals surface area (Å²) in [6.07, 6.45) is 1.97. The van der Waals surface area contributed by atoms with Crippen molar-refractivity contribution in [1.82, 2.24) is 10.2 Å². The van der Waals surface area contributed by atoms with Crippen molar-refractivity contribution < 1.29 is 9.59 Å². The summed E-state index contributed by atoms with van der Waals surface area (Å²) in [4.78, 5) is 27.6. The SMILES string of the molecule is O=C(NCc1ccccc1)C1CCN(C(=O)Cc2cccs2)CC1. The van der Waals surface area contributed by atoms with E-state index in [1.165, 1.54) is 0 Å². The molecule has 1 aromatic carbocycles. The van der Waals surface area contributed by atoms with Crippen molar-refractivity contribution in [3.63, 3.8) is 0 Å². The number of nitrogens with zero attached hydrogens (tertiary/aromatic N) is 1. The summed E-state index contributed by atoms with van der Waals surface area (Å²) in [5.41, 5.74) is 1.11. The van der Waals surface area contributed by atoms with Gasteiger partial charge in [0.2, 0.25) is 11.8 Å². The molecule has 2 aromatic rings. The highest BCUT2D eigenvalue weighted by Crippen LogP contribution is 2.19. The van der Waals surface area contributed by atoms with Crippen LogP contribution in [0.2, 0.25) is 0 Å². The number of thiophene rings is 1. The van der Waals surface area contributed by atoms with Gasteiger partial charge in [0.15, 0.2) is 0 Å². The summed E-state index contributed by atoms with van der Waals surface area (Å²) in [6, 6.07) is 13.9. The van der Waals surface area contributed by atoms with E-state index in [0.717, 1.165) is 23.3 Å². The molecule has 0 atom stereocenters. The molecule has 0 spiro atoms. The van der Waals surface area contributed by atoms with Crippen LogP contribution < -0.4 is 5.32 Å². The van der Waals surface area contributed by atoms with Gasteiger partial charge in [-0.15, -0.1) is 11.3 Å². The topological polar surface area (TPSA) is 49.4 Å². The van der Waals surface area contributed by atoms with E-state index in [0.29, 0.717) is 26.1 Å². The number of carbonyl (C=O) groups is 2. The first-order chi connectivity index (χ1) is 11.7. The zero-order valence-electron chi connectivity index (χ0n) is 13.6. The summed E-state index contributed by atoms with van der Waals surface area (Å²) < 4.78 is 0. The summed E-state index contributed by atoms with van der Waals surface area (Å²) in [6.45, 7) is 1.92. The molecule has 0 saturated carbocycles. The lowest BCUT2D eigenvalue weighted by atomic mass is 9.95. The third kappa shape index (κ3) is 4.45. The summed E-state index contributed by atoms with van der Waals surface area (Å²) >= 11 is 1.61. The Hall–Kier alpha value is -2.14. The fourth-order valence-corrected chi connectivity index (χ4v) is 3.69. The van der Waals surface area contributed by atoms with Crippen molar-refractivity contribution >= 4 is 23.2 Å². The minimum atomic E-state index is 0.0134. The van der Waals surface area contributed by atoms with Gasteiger partial charge in [-0.3, -0.25) is 9.59 Å². The Morgan fingerprint density at radius 1 is 1.08 bits per heavy atom. The zero-order chi connectivity index (χ0) is 16.8. The standard InChI is InChI=1S/C19H22N2O2S/c22-18(13-17-7-4-12-24-17)21-10-8-16(9-11-21)19(23)20-14-15-5-2-1-3-6-15/h1-7,12,16H,8-11,13-14H2,(H,20,23). The highest BCUT2D eigenvalue weighted by molar-refractivity contribution is 7.10. The average Bonchev–Trinajstić information content (AvgIpc) is 3.13. The van der Waals surface area contributed by atoms with E-state index < -0.39 is 0 Å². The second kappa shape index (κ2) is 8.11. The van der Waals surface area contributed by atoms with Crippen LogP contribution in [0.3, 0.4) is 0 Å². The van der Waals surface area contributed by atoms with Crippen molar-refractivity contribution in [2.75, 3.05) is 13.1 Å². The average molecular weight is 342 g/mol. The molecule has 1 saturated heterocycles. The quantitative estimate of drug-likeness (QED) is 0.908. The first-order valence-corrected chi connectivity index (χ1v) is 9.22. The van der Waals surface area contributed by atoms with Gasteiger partial charge in [-0.05, 0) is 29.9 Å². The third-order valence-electron chi connectivity index (χ3n) is 4.43. The molecular weight excluding hydrogens is 320 g/mol. The van der Waals surface area contributed by atoms with Gasteiger partial charge >= 0.3 is 0 Å². The van der Waals surface area contributed by atoms with Crippen LogP contribution >= 0.6 is 11.3 Å². The van der Waals surface area contributed by atoms with Crippen LogP contribution in [-0.4, -0.2) is 29.8 Å². The van der Waals surface area contributed by atoms with E-state index in [-0.39, 0.29) is 17.7 Å². The fraction of sp³-hybridized carbons (Fsp3) is 0.368. The number of likely N-dealkylation sites (tertiary alicyclic amines) is 1. The van der Waals surface area contributed by atoms with Crippen LogP contribution in [0, 0.1) is 5.92 Å². The van der Waals surface area contributed by atoms with Gasteiger partial charge in [-0.1, -0.05) is 36.4 Å². The van der Waals surface area contributed by atoms with E-state index in [1.54, 1.807) is 11.3 Å². The van der Waals surface area contributed by atoms with Gasteiger partial charge in [0.1, 0.15) is 0 Å². The van der Waals surface area contributed by atoms with Crippen molar-refractivity contribution in [1.29, 1.82) is 0 Å². The molecule has 1 aliphatic heterocycles. The molecule has 2 heterocycles. The molecule has 5 heteroatoms. The molecule has 1 fully saturated rings. The van der Waals surface area contributed by atoms with Gasteiger partial charge in [0.05, 0.1) is 6.42 Å². The van der Waals surface area contributed by atoms with Crippen LogP contribution in [0.25, 0.3) is 0 Å². The summed E-state index contributed by atoms with van der Waals surface area (Å²) in [5.74, 6) is 0.282. The summed E-state index contributed by atoms with van der Waals surface area (Å²) in [7, 11) is 0. The number of piperidine rings is 1. The van der Waals surface area contributed by atoms with Gasteiger partial charge in [0, 0.05) is 30.4 Å². The molecule has 24 heavy (non-hydrogen) atoms. The monoisotopic (exact) mass is 342 g/mol. The lowest BCUT2D eigenvalue weighted by Gasteiger charge is -2.31. The minimum absolute atomic E-state index is 0.0134. The minimum Gasteiger partial charge on any atom is -0.352 e. The maximum absolute atomic E-state index is 12.3. The van der Waals surface area contributed by atoms with Crippen LogP contribution in [0.4, 0.5) is 0 Å². The van der Waals surface area contributed by atoms with E-state index >= 15 is 0 Å². The van der Waals surface area contributed by atoms with E-state index in [1.807, 2.05) is 52.7 Å². The highest BCUT2D eigenvalue weighted by atomic mass is 32.1. The van der Waals surface area contributed by atoms with Crippen molar-refractivity contribution in [2.24, 2.45) is 5.92 Å². The number of hydrogen-bond donors (Lipinski definition) is 1. The molecule has 2 amide bonds. The summed E-state index contributed by atoms with van der Waals surface area (Å²) in [5, 5.41) is 5.00. The van der Waals surface area contributed by atoms with Crippen molar-refractivity contribution in [2.45, 2.75) is 25.8 Å². The molecule has 4 nitrogen and oxygen atoms in total.